The largest absolute Gasteiger partial charge is 0.507 e. The molecule has 0 saturated heterocycles. The maximum Gasteiger partial charge on any atom is 0.244 e. The van der Waals surface area contributed by atoms with Crippen molar-refractivity contribution in [2.45, 2.75) is 50.3 Å². The van der Waals surface area contributed by atoms with E-state index in [9.17, 15) is 13.5 Å². The first kappa shape index (κ1) is 16.0. The van der Waals surface area contributed by atoms with E-state index in [1.54, 1.807) is 12.1 Å². The molecule has 0 aliphatic carbocycles. The number of phenols is 1. The van der Waals surface area contributed by atoms with E-state index >= 15 is 0 Å². The summed E-state index contributed by atoms with van der Waals surface area (Å²) in [4.78, 5) is -0.0546. The van der Waals surface area contributed by atoms with Gasteiger partial charge in [0.2, 0.25) is 10.0 Å². The molecule has 0 radical (unpaired) electrons. The van der Waals surface area contributed by atoms with Crippen molar-refractivity contribution in [1.82, 2.24) is 4.72 Å². The number of benzene rings is 1. The van der Waals surface area contributed by atoms with Gasteiger partial charge in [-0.2, -0.15) is 0 Å². The molecule has 108 valence electrons. The lowest BCUT2D eigenvalue weighted by molar-refractivity contribution is 0.457. The van der Waals surface area contributed by atoms with Crippen molar-refractivity contribution < 1.29 is 13.5 Å². The van der Waals surface area contributed by atoms with Crippen LogP contribution in [0.2, 0.25) is 0 Å². The van der Waals surface area contributed by atoms with Crippen molar-refractivity contribution in [3.05, 3.63) is 24.3 Å². The highest BCUT2D eigenvalue weighted by atomic mass is 32.2. The molecule has 2 N–H and O–H groups in total. The van der Waals surface area contributed by atoms with E-state index in [-0.39, 0.29) is 10.6 Å². The number of phenolic OH excluding ortho intramolecular Hbond substituents is 1. The number of sulfonamides is 1. The molecule has 1 aromatic rings. The SMILES string of the molecule is CCCCCCCCNS(=O)(=O)c1ccccc1O. The normalized spacial score (nSPS) is 11.6. The van der Waals surface area contributed by atoms with E-state index in [2.05, 4.69) is 11.6 Å². The fourth-order valence-corrected chi connectivity index (χ4v) is 3.04. The van der Waals surface area contributed by atoms with Crippen molar-refractivity contribution >= 4 is 10.0 Å². The summed E-state index contributed by atoms with van der Waals surface area (Å²) in [6.07, 6.45) is 6.66. The molecular formula is C14H23NO3S. The number of aromatic hydroxyl groups is 1. The minimum absolute atomic E-state index is 0.0546. The summed E-state index contributed by atoms with van der Waals surface area (Å²) in [6.45, 7) is 2.59. The highest BCUT2D eigenvalue weighted by Gasteiger charge is 2.16. The van der Waals surface area contributed by atoms with Gasteiger partial charge in [0.15, 0.2) is 0 Å². The molecule has 4 nitrogen and oxygen atoms in total. The zero-order chi connectivity index (χ0) is 14.1. The van der Waals surface area contributed by atoms with Crippen molar-refractivity contribution in [2.75, 3.05) is 6.54 Å². The van der Waals surface area contributed by atoms with E-state index in [1.807, 2.05) is 0 Å². The van der Waals surface area contributed by atoms with E-state index in [4.69, 9.17) is 0 Å². The zero-order valence-electron chi connectivity index (χ0n) is 11.4. The molecule has 0 spiro atoms. The molecule has 0 unspecified atom stereocenters. The molecule has 0 bridgehead atoms. The maximum atomic E-state index is 11.9. The molecule has 0 fully saturated rings. The van der Waals surface area contributed by atoms with Crippen molar-refractivity contribution in [1.29, 1.82) is 0 Å². The zero-order valence-corrected chi connectivity index (χ0v) is 12.2. The van der Waals surface area contributed by atoms with Gasteiger partial charge in [-0.3, -0.25) is 0 Å². The summed E-state index contributed by atoms with van der Waals surface area (Å²) >= 11 is 0. The molecule has 0 aliphatic rings. The molecular weight excluding hydrogens is 262 g/mol. The van der Waals surface area contributed by atoms with Gasteiger partial charge in [0, 0.05) is 6.54 Å². The lowest BCUT2D eigenvalue weighted by Gasteiger charge is -2.08. The van der Waals surface area contributed by atoms with E-state index < -0.39 is 10.0 Å². The predicted octanol–water partition coefficient (Wildman–Crippen LogP) is 3.03. The molecule has 5 heteroatoms. The predicted molar refractivity (Wildman–Crippen MR) is 76.7 cm³/mol. The van der Waals surface area contributed by atoms with E-state index in [0.29, 0.717) is 6.54 Å². The van der Waals surface area contributed by atoms with Gasteiger partial charge in [0.1, 0.15) is 10.6 Å². The number of hydrogen-bond donors (Lipinski definition) is 2. The fourth-order valence-electron chi connectivity index (χ4n) is 1.87. The van der Waals surface area contributed by atoms with E-state index in [0.717, 1.165) is 19.3 Å². The second kappa shape index (κ2) is 8.17. The Morgan fingerprint density at radius 1 is 1.05 bits per heavy atom. The molecule has 19 heavy (non-hydrogen) atoms. The summed E-state index contributed by atoms with van der Waals surface area (Å²) in [5.74, 6) is -0.210. The monoisotopic (exact) mass is 285 g/mol. The molecule has 0 amide bonds. The third-order valence-electron chi connectivity index (χ3n) is 2.98. The minimum Gasteiger partial charge on any atom is -0.507 e. The molecule has 0 heterocycles. The Morgan fingerprint density at radius 3 is 2.37 bits per heavy atom. The van der Waals surface area contributed by atoms with Crippen LogP contribution in [0.4, 0.5) is 0 Å². The van der Waals surface area contributed by atoms with Crippen LogP contribution in [-0.4, -0.2) is 20.1 Å². The number of rotatable bonds is 9. The van der Waals surface area contributed by atoms with Crippen LogP contribution >= 0.6 is 0 Å². The summed E-state index contributed by atoms with van der Waals surface area (Å²) in [7, 11) is -3.59. The first-order chi connectivity index (χ1) is 9.08. The fraction of sp³-hybridized carbons (Fsp3) is 0.571. The Labute approximate surface area is 115 Å². The maximum absolute atomic E-state index is 11.9. The number of para-hydroxylation sites is 1. The minimum atomic E-state index is -3.59. The Hall–Kier alpha value is -1.07. The van der Waals surface area contributed by atoms with Crippen molar-refractivity contribution in [3.8, 4) is 5.75 Å². The van der Waals surface area contributed by atoms with Gasteiger partial charge in [-0.1, -0.05) is 51.2 Å². The van der Waals surface area contributed by atoms with Crippen LogP contribution in [0.3, 0.4) is 0 Å². The van der Waals surface area contributed by atoms with Gasteiger partial charge in [0.25, 0.3) is 0 Å². The van der Waals surface area contributed by atoms with Crippen molar-refractivity contribution in [2.24, 2.45) is 0 Å². The van der Waals surface area contributed by atoms with Crippen molar-refractivity contribution in [3.63, 3.8) is 0 Å². The lowest BCUT2D eigenvalue weighted by atomic mass is 10.1. The van der Waals surface area contributed by atoms with Crippen LogP contribution in [-0.2, 0) is 10.0 Å². The van der Waals surface area contributed by atoms with Gasteiger partial charge in [-0.05, 0) is 18.6 Å². The van der Waals surface area contributed by atoms with Gasteiger partial charge in [-0.15, -0.1) is 0 Å². The van der Waals surface area contributed by atoms with Gasteiger partial charge in [0.05, 0.1) is 0 Å². The first-order valence-electron chi connectivity index (χ1n) is 6.85. The van der Waals surface area contributed by atoms with Gasteiger partial charge < -0.3 is 5.11 Å². The topological polar surface area (TPSA) is 66.4 Å². The number of hydrogen-bond acceptors (Lipinski definition) is 3. The molecule has 0 aromatic heterocycles. The summed E-state index contributed by atoms with van der Waals surface area (Å²) in [6, 6.07) is 5.97. The van der Waals surface area contributed by atoms with Crippen LogP contribution < -0.4 is 4.72 Å². The average molecular weight is 285 g/mol. The van der Waals surface area contributed by atoms with Crippen LogP contribution in [0.5, 0.6) is 5.75 Å². The number of unbranched alkanes of at least 4 members (excludes halogenated alkanes) is 5. The quantitative estimate of drug-likeness (QED) is 0.685. The third kappa shape index (κ3) is 5.61. The van der Waals surface area contributed by atoms with Crippen LogP contribution in [0, 0.1) is 0 Å². The summed E-state index contributed by atoms with van der Waals surface area (Å²) in [5.41, 5.74) is 0. The molecule has 0 saturated carbocycles. The second-order valence-corrected chi connectivity index (χ2v) is 6.37. The summed E-state index contributed by atoms with van der Waals surface area (Å²) in [5, 5.41) is 9.53. The highest BCUT2D eigenvalue weighted by molar-refractivity contribution is 7.89. The standard InChI is InChI=1S/C14H23NO3S/c1-2-3-4-5-6-9-12-15-19(17,18)14-11-8-7-10-13(14)16/h7-8,10-11,15-16H,2-6,9,12H2,1H3. The number of nitrogens with one attached hydrogen (secondary N) is 1. The van der Waals surface area contributed by atoms with Gasteiger partial charge in [-0.25, -0.2) is 13.1 Å². The van der Waals surface area contributed by atoms with Crippen LogP contribution in [0.25, 0.3) is 0 Å². The molecule has 1 rings (SSSR count). The lowest BCUT2D eigenvalue weighted by Crippen LogP contribution is -2.24. The molecule has 1 aromatic carbocycles. The van der Waals surface area contributed by atoms with E-state index in [1.165, 1.54) is 31.4 Å². The van der Waals surface area contributed by atoms with Crippen LogP contribution in [0.15, 0.2) is 29.2 Å². The second-order valence-electron chi connectivity index (χ2n) is 4.63. The third-order valence-corrected chi connectivity index (χ3v) is 4.49. The van der Waals surface area contributed by atoms with Crippen LogP contribution in [0.1, 0.15) is 45.4 Å². The average Bonchev–Trinajstić information content (AvgIpc) is 2.38. The smallest absolute Gasteiger partial charge is 0.244 e. The Balaban J connectivity index is 2.34. The summed E-state index contributed by atoms with van der Waals surface area (Å²) < 4.78 is 26.4. The highest BCUT2D eigenvalue weighted by Crippen LogP contribution is 2.20. The Morgan fingerprint density at radius 2 is 1.68 bits per heavy atom. The Bertz CT molecular complexity index is 471. The van der Waals surface area contributed by atoms with Gasteiger partial charge >= 0.3 is 0 Å². The molecule has 0 atom stereocenters. The Kier molecular flexibility index (Phi) is 6.87. The first-order valence-corrected chi connectivity index (χ1v) is 8.34. The molecule has 0 aliphatic heterocycles.